The van der Waals surface area contributed by atoms with Gasteiger partial charge < -0.3 is 35.0 Å². The molecule has 188 valence electrons. The first-order valence-corrected chi connectivity index (χ1v) is 12.1. The normalized spacial score (nSPS) is 35.6. The maximum absolute atomic E-state index is 13.6. The Morgan fingerprint density at radius 2 is 1.71 bits per heavy atom. The summed E-state index contributed by atoms with van der Waals surface area (Å²) in [6, 6.07) is 4.49. The minimum Gasteiger partial charge on any atom is -0.511 e. The van der Waals surface area contributed by atoms with E-state index in [1.807, 2.05) is 6.08 Å². The number of aliphatic hydroxyl groups excluding tert-OH is 5. The molecule has 0 aromatic heterocycles. The van der Waals surface area contributed by atoms with Crippen molar-refractivity contribution in [3.63, 3.8) is 0 Å². The number of rotatable bonds is 4. The maximum Gasteiger partial charge on any atom is 0.229 e. The molecule has 1 aromatic carbocycles. The van der Waals surface area contributed by atoms with E-state index >= 15 is 0 Å². The Bertz CT molecular complexity index is 1070. The molecular weight excluding hydrogens is 456 g/mol. The first kappa shape index (κ1) is 24.1. The lowest BCUT2D eigenvalue weighted by atomic mass is 9.68. The standard InChI is InChI=1S/C26H30O9/c27-11-18-22(30)24(32)25(33)26(35-18)34-17-8-4-7-14-20(17)23(31)19-15(21(14)29)9-13(10-16(19)28)12-5-2-1-3-6-12/h4,7-10,12,15,18-19,22,24-28,30,32-33H,1-3,5-6,11H2/t15-,18+,19+,22+,24-,25+,26-/m0/s1. The van der Waals surface area contributed by atoms with Crippen molar-refractivity contribution in [2.45, 2.75) is 62.8 Å². The molecule has 5 rings (SSSR count). The van der Waals surface area contributed by atoms with Crippen molar-refractivity contribution in [1.82, 2.24) is 0 Å². The number of ether oxygens (including phenoxy) is 2. The second-order valence-electron chi connectivity index (χ2n) is 9.80. The lowest BCUT2D eigenvalue weighted by Gasteiger charge is -2.40. The van der Waals surface area contributed by atoms with Gasteiger partial charge in [-0.25, -0.2) is 0 Å². The van der Waals surface area contributed by atoms with Crippen LogP contribution in [0.2, 0.25) is 0 Å². The minimum atomic E-state index is -1.67. The minimum absolute atomic E-state index is 0.0369. The SMILES string of the molecule is O=C1c2c(O[C@H]3O[C@H](CO)[C@@H](O)[C@H](O)[C@H]3O)cccc2C(=O)[C@H]2C=C(C3CCCCC3)C=C(O)[C@H]12. The number of carbonyl (C=O) groups excluding carboxylic acids is 2. The van der Waals surface area contributed by atoms with Crippen LogP contribution in [0.4, 0.5) is 0 Å². The van der Waals surface area contributed by atoms with Gasteiger partial charge in [0.2, 0.25) is 6.29 Å². The fraction of sp³-hybridized carbons (Fsp3) is 0.538. The van der Waals surface area contributed by atoms with Crippen LogP contribution in [0.3, 0.4) is 0 Å². The second-order valence-corrected chi connectivity index (χ2v) is 9.80. The number of carbonyl (C=O) groups is 2. The molecule has 0 unspecified atom stereocenters. The lowest BCUT2D eigenvalue weighted by molar-refractivity contribution is -0.277. The fourth-order valence-electron chi connectivity index (χ4n) is 5.72. The molecule has 9 heteroatoms. The summed E-state index contributed by atoms with van der Waals surface area (Å²) in [6.07, 6.45) is 1.22. The summed E-state index contributed by atoms with van der Waals surface area (Å²) >= 11 is 0. The zero-order valence-corrected chi connectivity index (χ0v) is 19.1. The van der Waals surface area contributed by atoms with Crippen LogP contribution < -0.4 is 4.74 Å². The van der Waals surface area contributed by atoms with E-state index in [0.717, 1.165) is 31.3 Å². The number of aliphatic hydroxyl groups is 5. The molecule has 1 aromatic rings. The topological polar surface area (TPSA) is 154 Å². The summed E-state index contributed by atoms with van der Waals surface area (Å²) in [5, 5.41) is 50.7. The third-order valence-electron chi connectivity index (χ3n) is 7.66. The molecule has 5 N–H and O–H groups in total. The van der Waals surface area contributed by atoms with Gasteiger partial charge in [-0.05, 0) is 36.5 Å². The number of allylic oxidation sites excluding steroid dienone is 4. The number of benzene rings is 1. The highest BCUT2D eigenvalue weighted by atomic mass is 16.7. The Hall–Kier alpha value is -2.56. The van der Waals surface area contributed by atoms with Crippen LogP contribution in [-0.2, 0) is 4.74 Å². The van der Waals surface area contributed by atoms with Crippen molar-refractivity contribution in [1.29, 1.82) is 0 Å². The molecule has 7 atom stereocenters. The van der Waals surface area contributed by atoms with Gasteiger partial charge in [0.1, 0.15) is 35.9 Å². The molecule has 3 aliphatic carbocycles. The fourth-order valence-corrected chi connectivity index (χ4v) is 5.72. The van der Waals surface area contributed by atoms with Gasteiger partial charge in [-0.2, -0.15) is 0 Å². The number of hydrogen-bond acceptors (Lipinski definition) is 9. The lowest BCUT2D eigenvalue weighted by Crippen LogP contribution is -2.60. The van der Waals surface area contributed by atoms with Crippen LogP contribution in [0.15, 0.2) is 41.7 Å². The Morgan fingerprint density at radius 3 is 2.43 bits per heavy atom. The quantitative estimate of drug-likeness (QED) is 0.425. The van der Waals surface area contributed by atoms with E-state index in [1.54, 1.807) is 6.08 Å². The molecule has 0 bridgehead atoms. The van der Waals surface area contributed by atoms with Crippen LogP contribution >= 0.6 is 0 Å². The monoisotopic (exact) mass is 486 g/mol. The van der Waals surface area contributed by atoms with E-state index in [0.29, 0.717) is 0 Å². The third-order valence-corrected chi connectivity index (χ3v) is 7.66. The Balaban J connectivity index is 1.47. The van der Waals surface area contributed by atoms with Crippen molar-refractivity contribution in [2.24, 2.45) is 17.8 Å². The molecule has 0 spiro atoms. The smallest absolute Gasteiger partial charge is 0.229 e. The Kier molecular flexibility index (Phi) is 6.54. The average molecular weight is 487 g/mol. The Labute approximate surface area is 202 Å². The van der Waals surface area contributed by atoms with Crippen LogP contribution in [0, 0.1) is 17.8 Å². The van der Waals surface area contributed by atoms with Crippen molar-refractivity contribution < 1.29 is 44.6 Å². The number of Topliss-reactive ketones (excluding diaryl/α,β-unsaturated/α-hetero) is 2. The van der Waals surface area contributed by atoms with Crippen LogP contribution in [0.25, 0.3) is 0 Å². The predicted octanol–water partition coefficient (Wildman–Crippen LogP) is 1.44. The summed E-state index contributed by atoms with van der Waals surface area (Å²) in [5.41, 5.74) is 1.01. The van der Waals surface area contributed by atoms with E-state index in [1.165, 1.54) is 24.6 Å². The molecule has 1 saturated carbocycles. The molecule has 0 radical (unpaired) electrons. The molecule has 2 fully saturated rings. The zero-order chi connectivity index (χ0) is 24.9. The first-order valence-electron chi connectivity index (χ1n) is 12.1. The molecule has 4 aliphatic rings. The average Bonchev–Trinajstić information content (AvgIpc) is 2.87. The van der Waals surface area contributed by atoms with Crippen molar-refractivity contribution in [3.05, 3.63) is 52.8 Å². The molecule has 1 heterocycles. The molecule has 9 nitrogen and oxygen atoms in total. The third kappa shape index (κ3) is 4.11. The Morgan fingerprint density at radius 1 is 0.971 bits per heavy atom. The number of ketones is 2. The highest BCUT2D eigenvalue weighted by Gasteiger charge is 2.48. The highest BCUT2D eigenvalue weighted by Crippen LogP contribution is 2.44. The highest BCUT2D eigenvalue weighted by molar-refractivity contribution is 6.19. The van der Waals surface area contributed by atoms with Gasteiger partial charge in [0.15, 0.2) is 11.6 Å². The van der Waals surface area contributed by atoms with E-state index in [9.17, 15) is 35.1 Å². The van der Waals surface area contributed by atoms with Gasteiger partial charge in [-0.3, -0.25) is 9.59 Å². The van der Waals surface area contributed by atoms with E-state index in [4.69, 9.17) is 9.47 Å². The van der Waals surface area contributed by atoms with Gasteiger partial charge in [0.25, 0.3) is 0 Å². The van der Waals surface area contributed by atoms with Gasteiger partial charge in [0, 0.05) is 5.56 Å². The molecule has 1 saturated heterocycles. The van der Waals surface area contributed by atoms with E-state index in [2.05, 4.69) is 0 Å². The predicted molar refractivity (Wildman–Crippen MR) is 122 cm³/mol. The van der Waals surface area contributed by atoms with Crippen molar-refractivity contribution in [3.8, 4) is 5.75 Å². The first-order chi connectivity index (χ1) is 16.8. The summed E-state index contributed by atoms with van der Waals surface area (Å²) < 4.78 is 11.1. The summed E-state index contributed by atoms with van der Waals surface area (Å²) in [5.74, 6) is -2.61. The van der Waals surface area contributed by atoms with Gasteiger partial charge >= 0.3 is 0 Å². The molecule has 35 heavy (non-hydrogen) atoms. The van der Waals surface area contributed by atoms with Gasteiger partial charge in [-0.1, -0.05) is 37.5 Å². The van der Waals surface area contributed by atoms with E-state index in [-0.39, 0.29) is 34.3 Å². The molecule has 1 aliphatic heterocycles. The van der Waals surface area contributed by atoms with Crippen molar-refractivity contribution in [2.75, 3.05) is 6.61 Å². The van der Waals surface area contributed by atoms with Crippen LogP contribution in [-0.4, -0.2) is 74.4 Å². The summed E-state index contributed by atoms with van der Waals surface area (Å²) in [6.45, 7) is -0.632. The van der Waals surface area contributed by atoms with Crippen LogP contribution in [0.1, 0.15) is 52.8 Å². The van der Waals surface area contributed by atoms with Gasteiger partial charge in [-0.15, -0.1) is 0 Å². The van der Waals surface area contributed by atoms with E-state index < -0.39 is 54.9 Å². The summed E-state index contributed by atoms with van der Waals surface area (Å²) in [7, 11) is 0. The zero-order valence-electron chi connectivity index (χ0n) is 19.1. The second kappa shape index (κ2) is 9.48. The summed E-state index contributed by atoms with van der Waals surface area (Å²) in [4.78, 5) is 27.1. The number of fused-ring (bicyclic) bond motifs is 2. The largest absolute Gasteiger partial charge is 0.511 e. The molecular formula is C26H30O9. The maximum atomic E-state index is 13.6. The van der Waals surface area contributed by atoms with Crippen LogP contribution in [0.5, 0.6) is 5.75 Å². The van der Waals surface area contributed by atoms with Gasteiger partial charge in [0.05, 0.1) is 24.0 Å². The van der Waals surface area contributed by atoms with Crippen molar-refractivity contribution >= 4 is 11.6 Å². The number of hydrogen-bond donors (Lipinski definition) is 5. The molecule has 0 amide bonds.